The van der Waals surface area contributed by atoms with Crippen LogP contribution in [0.5, 0.6) is 0 Å². The third kappa shape index (κ3) is 6.97. The van der Waals surface area contributed by atoms with Gasteiger partial charge in [-0.05, 0) is 50.4 Å². The van der Waals surface area contributed by atoms with E-state index in [1.807, 2.05) is 0 Å². The van der Waals surface area contributed by atoms with Gasteiger partial charge in [-0.15, -0.1) is 24.0 Å². The lowest BCUT2D eigenvalue weighted by atomic mass is 10.1. The maximum atomic E-state index is 5.46. The third-order valence-corrected chi connectivity index (χ3v) is 5.43. The monoisotopic (exact) mass is 525 g/mol. The van der Waals surface area contributed by atoms with Gasteiger partial charge in [0.2, 0.25) is 0 Å². The topological polar surface area (TPSA) is 65.7 Å². The Balaban J connectivity index is 0.00000320. The molecule has 0 amide bonds. The van der Waals surface area contributed by atoms with Crippen LogP contribution in [0.1, 0.15) is 61.8 Å². The Labute approximate surface area is 197 Å². The summed E-state index contributed by atoms with van der Waals surface area (Å²) in [6.07, 6.45) is 4.39. The molecule has 0 atom stereocenters. The summed E-state index contributed by atoms with van der Waals surface area (Å²) < 4.78 is 5.46. The lowest BCUT2D eigenvalue weighted by molar-refractivity contribution is 0.331. The first-order valence-corrected chi connectivity index (χ1v) is 11.0. The number of likely N-dealkylation sites (tertiary alicyclic amines) is 1. The third-order valence-electron chi connectivity index (χ3n) is 5.43. The number of rotatable bonds is 9. The Hall–Kier alpha value is -1.61. The Bertz CT molecular complexity index is 760. The van der Waals surface area contributed by atoms with E-state index in [0.717, 1.165) is 48.9 Å². The van der Waals surface area contributed by atoms with Crippen LogP contribution < -0.4 is 10.6 Å². The smallest absolute Gasteiger partial charge is 0.191 e. The number of nitrogens with zero attached hydrogens (tertiary/aromatic N) is 3. The molecule has 1 aliphatic rings. The summed E-state index contributed by atoms with van der Waals surface area (Å²) in [7, 11) is 0. The standard InChI is InChI=1S/C23H35N5O.HI/c1-4-21-20(22(5-2)29-27-21)16-26-23(24-6-3)25-15-18-9-11-19(12-10-18)17-28-13-7-8-14-28;/h9-12H,4-8,13-17H2,1-3H3,(H2,24,25,26);1H. The van der Waals surface area contributed by atoms with Crippen molar-refractivity contribution in [3.05, 3.63) is 52.4 Å². The van der Waals surface area contributed by atoms with E-state index in [-0.39, 0.29) is 24.0 Å². The van der Waals surface area contributed by atoms with Crippen molar-refractivity contribution < 1.29 is 4.52 Å². The molecule has 1 fully saturated rings. The average Bonchev–Trinajstić information content (AvgIpc) is 3.40. The van der Waals surface area contributed by atoms with Gasteiger partial charge in [-0.2, -0.15) is 0 Å². The first kappa shape index (κ1) is 24.7. The van der Waals surface area contributed by atoms with Gasteiger partial charge >= 0.3 is 0 Å². The summed E-state index contributed by atoms with van der Waals surface area (Å²) in [5, 5.41) is 11.0. The fraction of sp³-hybridized carbons (Fsp3) is 0.565. The van der Waals surface area contributed by atoms with Crippen molar-refractivity contribution in [2.75, 3.05) is 19.6 Å². The number of benzene rings is 1. The molecular weight excluding hydrogens is 489 g/mol. The van der Waals surface area contributed by atoms with E-state index in [4.69, 9.17) is 9.52 Å². The Morgan fingerprint density at radius 3 is 2.37 bits per heavy atom. The van der Waals surface area contributed by atoms with E-state index in [1.165, 1.54) is 37.1 Å². The highest BCUT2D eigenvalue weighted by molar-refractivity contribution is 14.0. The molecule has 1 aliphatic heterocycles. The number of aromatic nitrogens is 1. The van der Waals surface area contributed by atoms with E-state index in [9.17, 15) is 0 Å². The zero-order chi connectivity index (χ0) is 20.5. The van der Waals surface area contributed by atoms with E-state index < -0.39 is 0 Å². The zero-order valence-electron chi connectivity index (χ0n) is 18.5. The Kier molecular flexibility index (Phi) is 10.6. The van der Waals surface area contributed by atoms with Gasteiger partial charge in [-0.25, -0.2) is 4.99 Å². The lowest BCUT2D eigenvalue weighted by Gasteiger charge is -2.14. The molecule has 0 unspecified atom stereocenters. The summed E-state index contributed by atoms with van der Waals surface area (Å²) in [6, 6.07) is 8.87. The maximum Gasteiger partial charge on any atom is 0.191 e. The minimum atomic E-state index is 0. The van der Waals surface area contributed by atoms with Gasteiger partial charge in [-0.1, -0.05) is 43.3 Å². The fourth-order valence-electron chi connectivity index (χ4n) is 3.77. The quantitative estimate of drug-likeness (QED) is 0.291. The highest BCUT2D eigenvalue weighted by Crippen LogP contribution is 2.16. The summed E-state index contributed by atoms with van der Waals surface area (Å²) >= 11 is 0. The number of halogens is 1. The molecule has 2 N–H and O–H groups in total. The second-order valence-corrected chi connectivity index (χ2v) is 7.59. The largest absolute Gasteiger partial charge is 0.361 e. The number of guanidine groups is 1. The van der Waals surface area contributed by atoms with Crippen LogP contribution in [0.15, 0.2) is 33.8 Å². The second kappa shape index (κ2) is 12.9. The normalized spacial score (nSPS) is 14.6. The van der Waals surface area contributed by atoms with Crippen LogP contribution >= 0.6 is 24.0 Å². The number of hydrogen-bond acceptors (Lipinski definition) is 4. The van der Waals surface area contributed by atoms with Gasteiger partial charge in [0.25, 0.3) is 0 Å². The molecule has 1 saturated heterocycles. The van der Waals surface area contributed by atoms with E-state index >= 15 is 0 Å². The van der Waals surface area contributed by atoms with E-state index in [0.29, 0.717) is 13.1 Å². The van der Waals surface area contributed by atoms with Gasteiger partial charge in [0.1, 0.15) is 5.76 Å². The SMILES string of the molecule is CCNC(=NCc1ccc(CN2CCCC2)cc1)NCc1c(CC)noc1CC.I. The second-order valence-electron chi connectivity index (χ2n) is 7.59. The summed E-state index contributed by atoms with van der Waals surface area (Å²) in [5.41, 5.74) is 4.79. The van der Waals surface area contributed by atoms with Gasteiger partial charge in [0.15, 0.2) is 5.96 Å². The molecule has 166 valence electrons. The van der Waals surface area contributed by atoms with Crippen LogP contribution in [0.3, 0.4) is 0 Å². The van der Waals surface area contributed by atoms with Crippen molar-refractivity contribution >= 4 is 29.9 Å². The number of hydrogen-bond donors (Lipinski definition) is 2. The average molecular weight is 525 g/mol. The van der Waals surface area contributed by atoms with Crippen LogP contribution in [0.4, 0.5) is 0 Å². The molecule has 0 aliphatic carbocycles. The lowest BCUT2D eigenvalue weighted by Crippen LogP contribution is -2.37. The molecule has 0 bridgehead atoms. The number of aliphatic imine (C=N–C) groups is 1. The molecule has 6 nitrogen and oxygen atoms in total. The van der Waals surface area contributed by atoms with Crippen LogP contribution in [0.2, 0.25) is 0 Å². The Morgan fingerprint density at radius 2 is 1.73 bits per heavy atom. The molecular formula is C23H36IN5O. The van der Waals surface area contributed by atoms with E-state index in [1.54, 1.807) is 0 Å². The molecule has 1 aromatic carbocycles. The van der Waals surface area contributed by atoms with E-state index in [2.05, 4.69) is 65.7 Å². The Morgan fingerprint density at radius 1 is 1.03 bits per heavy atom. The van der Waals surface area contributed by atoms with Crippen LogP contribution in [-0.2, 0) is 32.5 Å². The highest BCUT2D eigenvalue weighted by atomic mass is 127. The predicted molar refractivity (Wildman–Crippen MR) is 133 cm³/mol. The molecule has 0 saturated carbocycles. The minimum absolute atomic E-state index is 0. The van der Waals surface area contributed by atoms with Crippen LogP contribution in [-0.4, -0.2) is 35.7 Å². The van der Waals surface area contributed by atoms with Crippen LogP contribution in [0.25, 0.3) is 0 Å². The molecule has 0 radical (unpaired) electrons. The molecule has 0 spiro atoms. The maximum absolute atomic E-state index is 5.46. The van der Waals surface area contributed by atoms with Gasteiger partial charge in [0, 0.05) is 31.6 Å². The molecule has 2 heterocycles. The molecule has 1 aromatic heterocycles. The van der Waals surface area contributed by atoms with Gasteiger partial charge < -0.3 is 15.2 Å². The first-order valence-electron chi connectivity index (χ1n) is 11.0. The summed E-state index contributed by atoms with van der Waals surface area (Å²) in [5.74, 6) is 1.78. The summed E-state index contributed by atoms with van der Waals surface area (Å²) in [6.45, 7) is 12.0. The van der Waals surface area contributed by atoms with Gasteiger partial charge in [0.05, 0.1) is 12.2 Å². The van der Waals surface area contributed by atoms with Crippen LogP contribution in [0, 0.1) is 0 Å². The molecule has 7 heteroatoms. The fourth-order valence-corrected chi connectivity index (χ4v) is 3.77. The zero-order valence-corrected chi connectivity index (χ0v) is 20.9. The molecule has 3 rings (SSSR count). The predicted octanol–water partition coefficient (Wildman–Crippen LogP) is 4.27. The van der Waals surface area contributed by atoms with Crippen molar-refractivity contribution in [1.82, 2.24) is 20.7 Å². The van der Waals surface area contributed by atoms with Crippen molar-refractivity contribution in [3.8, 4) is 0 Å². The summed E-state index contributed by atoms with van der Waals surface area (Å²) in [4.78, 5) is 7.29. The van der Waals surface area contributed by atoms with Crippen molar-refractivity contribution in [3.63, 3.8) is 0 Å². The first-order chi connectivity index (χ1) is 14.2. The van der Waals surface area contributed by atoms with Crippen molar-refractivity contribution in [2.24, 2.45) is 4.99 Å². The molecule has 30 heavy (non-hydrogen) atoms. The highest BCUT2D eigenvalue weighted by Gasteiger charge is 2.14. The minimum Gasteiger partial charge on any atom is -0.361 e. The van der Waals surface area contributed by atoms with Gasteiger partial charge in [-0.3, -0.25) is 4.90 Å². The number of nitrogens with one attached hydrogen (secondary N) is 2. The van der Waals surface area contributed by atoms with Crippen molar-refractivity contribution in [1.29, 1.82) is 0 Å². The molecule has 2 aromatic rings. The number of aryl methyl sites for hydroxylation is 2. The van der Waals surface area contributed by atoms with Crippen molar-refractivity contribution in [2.45, 2.75) is 66.1 Å².